The highest BCUT2D eigenvalue weighted by molar-refractivity contribution is 5.80. The zero-order chi connectivity index (χ0) is 25.7. The molecule has 3 aromatic rings. The number of methoxy groups -OCH3 is 1. The van der Waals surface area contributed by atoms with Gasteiger partial charge in [-0.3, -0.25) is 13.9 Å². The largest absolute Gasteiger partial charge is 0.493 e. The second-order valence-corrected chi connectivity index (χ2v) is 8.46. The van der Waals surface area contributed by atoms with Gasteiger partial charge in [-0.05, 0) is 61.8 Å². The van der Waals surface area contributed by atoms with Crippen LogP contribution in [-0.4, -0.2) is 60.7 Å². The van der Waals surface area contributed by atoms with Crippen LogP contribution in [0, 0.1) is 0 Å². The molecule has 2 heterocycles. The topological polar surface area (TPSA) is 104 Å². The van der Waals surface area contributed by atoms with Crippen molar-refractivity contribution in [3.05, 3.63) is 62.8 Å². The minimum Gasteiger partial charge on any atom is -0.493 e. The molecule has 36 heavy (non-hydrogen) atoms. The molecule has 2 N–H and O–H groups in total. The third kappa shape index (κ3) is 5.52. The second kappa shape index (κ2) is 11.5. The van der Waals surface area contributed by atoms with Gasteiger partial charge in [0.1, 0.15) is 19.0 Å². The molecule has 9 nitrogen and oxygen atoms in total. The molecule has 0 spiro atoms. The lowest BCUT2D eigenvalue weighted by Gasteiger charge is -2.27. The van der Waals surface area contributed by atoms with Gasteiger partial charge in [0.2, 0.25) is 0 Å². The highest BCUT2D eigenvalue weighted by Gasteiger charge is 2.23. The molecular weight excluding hydrogens is 476 g/mol. The summed E-state index contributed by atoms with van der Waals surface area (Å²) >= 11 is 0. The standard InChI is InChI=1S/C25H29F2N3O6/c1-34-21-5-2-16(12-22(21)35-11-10-31)14-29-24(32)19-13-18(36-15-23(26)27)3-4-20(19)30(25(29)33)17-6-8-28-9-7-17/h2-5,12-13,17,23,28,31H,6-11,14-15H2,1H3. The first kappa shape index (κ1) is 25.6. The summed E-state index contributed by atoms with van der Waals surface area (Å²) in [6, 6.07) is 9.41. The number of hydrogen-bond donors (Lipinski definition) is 2. The zero-order valence-electron chi connectivity index (χ0n) is 19.9. The summed E-state index contributed by atoms with van der Waals surface area (Å²) in [5, 5.41) is 12.6. The molecule has 0 unspecified atom stereocenters. The number of hydrogen-bond acceptors (Lipinski definition) is 7. The number of aliphatic hydroxyl groups excluding tert-OH is 1. The molecule has 0 aliphatic carbocycles. The molecule has 4 rings (SSSR count). The van der Waals surface area contributed by atoms with Crippen LogP contribution in [0.4, 0.5) is 8.78 Å². The highest BCUT2D eigenvalue weighted by atomic mass is 19.3. The first-order valence-corrected chi connectivity index (χ1v) is 11.7. The minimum atomic E-state index is -2.65. The van der Waals surface area contributed by atoms with Crippen LogP contribution < -0.4 is 30.8 Å². The van der Waals surface area contributed by atoms with Gasteiger partial charge in [-0.2, -0.15) is 0 Å². The fourth-order valence-electron chi connectivity index (χ4n) is 4.44. The van der Waals surface area contributed by atoms with Gasteiger partial charge in [-0.15, -0.1) is 0 Å². The van der Waals surface area contributed by atoms with Gasteiger partial charge < -0.3 is 24.6 Å². The van der Waals surface area contributed by atoms with Gasteiger partial charge in [0.25, 0.3) is 12.0 Å². The van der Waals surface area contributed by atoms with E-state index in [1.807, 2.05) is 0 Å². The maximum Gasteiger partial charge on any atom is 0.332 e. The Hall–Kier alpha value is -3.44. The van der Waals surface area contributed by atoms with Crippen molar-refractivity contribution in [1.29, 1.82) is 0 Å². The molecule has 194 valence electrons. The first-order chi connectivity index (χ1) is 17.4. The number of aromatic nitrogens is 2. The van der Waals surface area contributed by atoms with E-state index in [0.717, 1.165) is 17.7 Å². The Morgan fingerprint density at radius 2 is 1.86 bits per heavy atom. The van der Waals surface area contributed by atoms with Crippen LogP contribution in [0.25, 0.3) is 10.9 Å². The van der Waals surface area contributed by atoms with Crippen molar-refractivity contribution in [3.8, 4) is 17.2 Å². The van der Waals surface area contributed by atoms with E-state index in [9.17, 15) is 18.4 Å². The number of benzene rings is 2. The van der Waals surface area contributed by atoms with E-state index in [4.69, 9.17) is 19.3 Å². The minimum absolute atomic E-state index is 0.0415. The highest BCUT2D eigenvalue weighted by Crippen LogP contribution is 2.29. The summed E-state index contributed by atoms with van der Waals surface area (Å²) in [4.78, 5) is 27.2. The Morgan fingerprint density at radius 1 is 1.08 bits per heavy atom. The zero-order valence-corrected chi connectivity index (χ0v) is 19.9. The van der Waals surface area contributed by atoms with Crippen molar-refractivity contribution in [1.82, 2.24) is 14.5 Å². The third-order valence-electron chi connectivity index (χ3n) is 6.11. The number of ether oxygens (including phenoxy) is 3. The Morgan fingerprint density at radius 3 is 2.56 bits per heavy atom. The van der Waals surface area contributed by atoms with Crippen molar-refractivity contribution >= 4 is 10.9 Å². The van der Waals surface area contributed by atoms with E-state index >= 15 is 0 Å². The average molecular weight is 506 g/mol. The summed E-state index contributed by atoms with van der Waals surface area (Å²) in [6.07, 6.45) is -1.24. The number of halogens is 2. The molecule has 0 amide bonds. The maximum atomic E-state index is 13.7. The van der Waals surface area contributed by atoms with E-state index in [0.29, 0.717) is 35.4 Å². The van der Waals surface area contributed by atoms with Crippen LogP contribution in [0.3, 0.4) is 0 Å². The molecule has 2 aromatic carbocycles. The SMILES string of the molecule is COc1ccc(Cn2c(=O)c3cc(OCC(F)F)ccc3n(C3CCNCC3)c2=O)cc1OCCO. The third-order valence-corrected chi connectivity index (χ3v) is 6.11. The van der Waals surface area contributed by atoms with E-state index in [1.165, 1.54) is 19.2 Å². The lowest BCUT2D eigenvalue weighted by atomic mass is 10.1. The molecule has 1 aromatic heterocycles. The van der Waals surface area contributed by atoms with E-state index in [2.05, 4.69) is 5.32 Å². The number of alkyl halides is 2. The second-order valence-electron chi connectivity index (χ2n) is 8.46. The fourth-order valence-corrected chi connectivity index (χ4v) is 4.44. The number of nitrogens with zero attached hydrogens (tertiary/aromatic N) is 2. The van der Waals surface area contributed by atoms with Gasteiger partial charge in [0.05, 0.1) is 31.2 Å². The van der Waals surface area contributed by atoms with E-state index in [1.54, 1.807) is 28.8 Å². The van der Waals surface area contributed by atoms with E-state index < -0.39 is 24.3 Å². The average Bonchev–Trinajstić information content (AvgIpc) is 2.89. The number of aliphatic hydroxyl groups is 1. The Bertz CT molecular complexity index is 1320. The van der Waals surface area contributed by atoms with Crippen LogP contribution in [-0.2, 0) is 6.54 Å². The molecular formula is C25H29F2N3O6. The number of rotatable bonds is 10. The van der Waals surface area contributed by atoms with Crippen LogP contribution in [0.2, 0.25) is 0 Å². The van der Waals surface area contributed by atoms with Crippen molar-refractivity contribution in [2.24, 2.45) is 0 Å². The quantitative estimate of drug-likeness (QED) is 0.435. The van der Waals surface area contributed by atoms with Crippen LogP contribution >= 0.6 is 0 Å². The van der Waals surface area contributed by atoms with Crippen LogP contribution in [0.1, 0.15) is 24.4 Å². The Balaban J connectivity index is 1.83. The monoisotopic (exact) mass is 505 g/mol. The van der Waals surface area contributed by atoms with Crippen molar-refractivity contribution in [2.45, 2.75) is 31.9 Å². The molecule has 0 atom stereocenters. The molecule has 0 bridgehead atoms. The van der Waals surface area contributed by atoms with E-state index in [-0.39, 0.29) is 36.9 Å². The summed E-state index contributed by atoms with van der Waals surface area (Å²) in [5.74, 6) is 0.955. The van der Waals surface area contributed by atoms with Crippen molar-refractivity contribution in [2.75, 3.05) is 40.0 Å². The number of fused-ring (bicyclic) bond motifs is 1. The Labute approximate surface area is 205 Å². The predicted molar refractivity (Wildman–Crippen MR) is 130 cm³/mol. The van der Waals surface area contributed by atoms with Crippen molar-refractivity contribution < 1.29 is 28.1 Å². The number of nitrogens with one attached hydrogen (secondary N) is 1. The van der Waals surface area contributed by atoms with Crippen molar-refractivity contribution in [3.63, 3.8) is 0 Å². The summed E-state index contributed by atoms with van der Waals surface area (Å²) in [5.41, 5.74) is 0.0640. The van der Waals surface area contributed by atoms with Gasteiger partial charge >= 0.3 is 5.69 Å². The van der Waals surface area contributed by atoms with Gasteiger partial charge in [-0.25, -0.2) is 13.6 Å². The molecule has 1 aliphatic heterocycles. The van der Waals surface area contributed by atoms with Gasteiger partial charge in [-0.1, -0.05) is 6.07 Å². The molecule has 1 saturated heterocycles. The first-order valence-electron chi connectivity index (χ1n) is 11.7. The lowest BCUT2D eigenvalue weighted by molar-refractivity contribution is 0.0819. The molecule has 1 fully saturated rings. The maximum absolute atomic E-state index is 13.7. The van der Waals surface area contributed by atoms with Gasteiger partial charge in [0, 0.05) is 6.04 Å². The lowest BCUT2D eigenvalue weighted by Crippen LogP contribution is -2.43. The Kier molecular flexibility index (Phi) is 8.21. The van der Waals surface area contributed by atoms with Gasteiger partial charge in [0.15, 0.2) is 11.5 Å². The smallest absolute Gasteiger partial charge is 0.332 e. The molecule has 1 aliphatic rings. The van der Waals surface area contributed by atoms with Crippen LogP contribution in [0.15, 0.2) is 46.0 Å². The summed E-state index contributed by atoms with van der Waals surface area (Å²) < 4.78 is 44.1. The summed E-state index contributed by atoms with van der Waals surface area (Å²) in [6.45, 7) is 0.499. The summed E-state index contributed by atoms with van der Waals surface area (Å²) in [7, 11) is 1.49. The van der Waals surface area contributed by atoms with Crippen LogP contribution in [0.5, 0.6) is 17.2 Å². The normalized spacial score (nSPS) is 14.4. The molecule has 11 heteroatoms. The molecule has 0 radical (unpaired) electrons. The predicted octanol–water partition coefficient (Wildman–Crippen LogP) is 2.16. The molecule has 0 saturated carbocycles. The number of piperidine rings is 1. The fraction of sp³-hybridized carbons (Fsp3) is 0.440.